The second kappa shape index (κ2) is 11.8. The molecule has 0 unspecified atom stereocenters. The number of nitrogens with one attached hydrogen (secondary N) is 2. The Morgan fingerprint density at radius 3 is 2.65 bits per heavy atom. The Bertz CT molecular complexity index is 1140. The van der Waals surface area contributed by atoms with Crippen LogP contribution in [0.15, 0.2) is 47.8 Å². The van der Waals surface area contributed by atoms with Gasteiger partial charge in [-0.2, -0.15) is 0 Å². The van der Waals surface area contributed by atoms with Crippen molar-refractivity contribution in [2.45, 2.75) is 33.9 Å². The molecule has 1 heterocycles. The molecule has 0 aliphatic heterocycles. The number of hydrogen-bond acceptors (Lipinski definition) is 6. The topological polar surface area (TPSA) is 83.6 Å². The van der Waals surface area contributed by atoms with Crippen LogP contribution < -0.4 is 15.4 Å². The molecule has 0 fully saturated rings. The largest absolute Gasteiger partial charge is 0.493 e. The number of benzene rings is 2. The second-order valence-corrected chi connectivity index (χ2v) is 9.41. The monoisotopic (exact) mass is 480 g/mol. The molecule has 7 nitrogen and oxygen atoms in total. The number of carbonyl (C=O) groups excluding carboxylic acids is 2. The number of hydrogen-bond donors (Lipinski definition) is 2. The minimum Gasteiger partial charge on any atom is -0.493 e. The third-order valence-electron chi connectivity index (χ3n) is 4.97. The average Bonchev–Trinajstić information content (AvgIpc) is 3.26. The fourth-order valence-corrected chi connectivity index (χ4v) is 4.09. The van der Waals surface area contributed by atoms with Crippen LogP contribution >= 0.6 is 11.3 Å². The molecule has 3 rings (SSSR count). The number of carbonyl (C=O) groups is 2. The van der Waals surface area contributed by atoms with Crippen molar-refractivity contribution in [3.63, 3.8) is 0 Å². The molecule has 3 aromatic rings. The summed E-state index contributed by atoms with van der Waals surface area (Å²) in [4.78, 5) is 31.9. The van der Waals surface area contributed by atoms with Crippen molar-refractivity contribution in [1.29, 1.82) is 0 Å². The molecule has 2 amide bonds. The van der Waals surface area contributed by atoms with Crippen molar-refractivity contribution in [2.75, 3.05) is 26.0 Å². The van der Waals surface area contributed by atoms with Crippen LogP contribution in [0.5, 0.6) is 5.75 Å². The highest BCUT2D eigenvalue weighted by Crippen LogP contribution is 2.26. The van der Waals surface area contributed by atoms with E-state index in [2.05, 4.69) is 20.9 Å². The number of rotatable bonds is 10. The predicted molar refractivity (Wildman–Crippen MR) is 137 cm³/mol. The van der Waals surface area contributed by atoms with Crippen molar-refractivity contribution >= 4 is 28.8 Å². The molecule has 180 valence electrons. The van der Waals surface area contributed by atoms with Gasteiger partial charge in [0, 0.05) is 35.6 Å². The first-order valence-electron chi connectivity index (χ1n) is 11.3. The van der Waals surface area contributed by atoms with E-state index in [4.69, 9.17) is 9.72 Å². The highest BCUT2D eigenvalue weighted by atomic mass is 32.1. The minimum absolute atomic E-state index is 0.108. The second-order valence-electron chi connectivity index (χ2n) is 8.55. The van der Waals surface area contributed by atoms with Crippen LogP contribution in [0.3, 0.4) is 0 Å². The molecule has 0 spiro atoms. The molecular weight excluding hydrogens is 448 g/mol. The summed E-state index contributed by atoms with van der Waals surface area (Å²) in [6, 6.07) is 13.1. The van der Waals surface area contributed by atoms with Gasteiger partial charge in [-0.3, -0.25) is 9.59 Å². The molecule has 1 aromatic heterocycles. The van der Waals surface area contributed by atoms with Gasteiger partial charge < -0.3 is 20.3 Å². The lowest BCUT2D eigenvalue weighted by Crippen LogP contribution is -2.24. The van der Waals surface area contributed by atoms with Gasteiger partial charge in [0.2, 0.25) is 5.91 Å². The van der Waals surface area contributed by atoms with E-state index in [1.54, 1.807) is 29.5 Å². The molecule has 8 heteroatoms. The van der Waals surface area contributed by atoms with Gasteiger partial charge in [-0.25, -0.2) is 4.98 Å². The van der Waals surface area contributed by atoms with E-state index in [0.717, 1.165) is 28.4 Å². The van der Waals surface area contributed by atoms with E-state index < -0.39 is 0 Å². The molecule has 0 saturated carbocycles. The lowest BCUT2D eigenvalue weighted by molar-refractivity contribution is -0.118. The molecule has 2 aromatic carbocycles. The lowest BCUT2D eigenvalue weighted by Gasteiger charge is -2.14. The number of aromatic nitrogens is 1. The third kappa shape index (κ3) is 6.88. The number of amides is 2. The van der Waals surface area contributed by atoms with Crippen molar-refractivity contribution < 1.29 is 14.3 Å². The van der Waals surface area contributed by atoms with E-state index in [9.17, 15) is 9.59 Å². The van der Waals surface area contributed by atoms with Crippen LogP contribution in [0, 0.1) is 5.92 Å². The van der Waals surface area contributed by atoms with Crippen LogP contribution in [0.4, 0.5) is 5.69 Å². The molecule has 2 N–H and O–H groups in total. The Kier molecular flexibility index (Phi) is 8.79. The summed E-state index contributed by atoms with van der Waals surface area (Å²) < 4.78 is 5.64. The Morgan fingerprint density at radius 2 is 1.94 bits per heavy atom. The predicted octanol–water partition coefficient (Wildman–Crippen LogP) is 4.79. The van der Waals surface area contributed by atoms with Gasteiger partial charge in [-0.15, -0.1) is 11.3 Å². The molecule has 0 bridgehead atoms. The first kappa shape index (κ1) is 25.4. The van der Waals surface area contributed by atoms with Crippen LogP contribution in [0.25, 0.3) is 10.6 Å². The zero-order chi connectivity index (χ0) is 24.7. The number of anilines is 1. The Balaban J connectivity index is 1.73. The highest BCUT2D eigenvalue weighted by molar-refractivity contribution is 7.13. The fourth-order valence-electron chi connectivity index (χ4n) is 3.28. The molecular formula is C26H32N4O3S. The lowest BCUT2D eigenvalue weighted by atomic mass is 10.1. The summed E-state index contributed by atoms with van der Waals surface area (Å²) in [7, 11) is 4.04. The van der Waals surface area contributed by atoms with E-state index in [-0.39, 0.29) is 17.7 Å². The fraction of sp³-hybridized carbons (Fsp3) is 0.346. The summed E-state index contributed by atoms with van der Waals surface area (Å²) in [5, 5.41) is 8.84. The van der Waals surface area contributed by atoms with E-state index >= 15 is 0 Å². The zero-order valence-corrected chi connectivity index (χ0v) is 21.2. The zero-order valence-electron chi connectivity index (χ0n) is 20.3. The quantitative estimate of drug-likeness (QED) is 0.436. The Morgan fingerprint density at radius 1 is 1.15 bits per heavy atom. The summed E-state index contributed by atoms with van der Waals surface area (Å²) in [6.07, 6.45) is 0. The summed E-state index contributed by atoms with van der Waals surface area (Å²) in [5.74, 6) is -0.0549. The standard InChI is InChI=1S/C26H32N4O3S/c1-6-33-23-11-10-20(28-24(31)17(2)3)13-22(23)25(32)27-14-18-8-7-9-19(12-18)26-29-21(16-34-26)15-30(4)5/h7-13,16-17H,6,14-15H2,1-5H3,(H,27,32)(H,28,31). The van der Waals surface area contributed by atoms with E-state index in [1.807, 2.05) is 59.1 Å². The molecule has 0 aliphatic carbocycles. The van der Waals surface area contributed by atoms with E-state index in [1.165, 1.54) is 0 Å². The van der Waals surface area contributed by atoms with Gasteiger partial charge >= 0.3 is 0 Å². The first-order valence-corrected chi connectivity index (χ1v) is 12.2. The molecule has 0 radical (unpaired) electrons. The Hall–Kier alpha value is -3.23. The molecule has 0 aliphatic rings. The molecule has 0 saturated heterocycles. The van der Waals surface area contributed by atoms with Gasteiger partial charge in [0.05, 0.1) is 17.9 Å². The van der Waals surface area contributed by atoms with E-state index in [0.29, 0.717) is 30.2 Å². The summed E-state index contributed by atoms with van der Waals surface area (Å²) in [5.41, 5.74) is 3.98. The van der Waals surface area contributed by atoms with Gasteiger partial charge in [0.15, 0.2) is 0 Å². The van der Waals surface area contributed by atoms with Crippen molar-refractivity contribution in [3.8, 4) is 16.3 Å². The van der Waals surface area contributed by atoms with Gasteiger partial charge in [-0.05, 0) is 50.8 Å². The van der Waals surface area contributed by atoms with Crippen molar-refractivity contribution in [3.05, 3.63) is 64.7 Å². The minimum atomic E-state index is -0.267. The first-order chi connectivity index (χ1) is 16.3. The SMILES string of the molecule is CCOc1ccc(NC(=O)C(C)C)cc1C(=O)NCc1cccc(-c2nc(CN(C)C)cs2)c1. The molecule has 34 heavy (non-hydrogen) atoms. The number of nitrogens with zero attached hydrogens (tertiary/aromatic N) is 2. The maximum Gasteiger partial charge on any atom is 0.255 e. The summed E-state index contributed by atoms with van der Waals surface area (Å²) in [6.45, 7) is 7.09. The van der Waals surface area contributed by atoms with Gasteiger partial charge in [0.1, 0.15) is 10.8 Å². The maximum atomic E-state index is 13.0. The van der Waals surface area contributed by atoms with Crippen LogP contribution in [0.1, 0.15) is 42.4 Å². The van der Waals surface area contributed by atoms with Gasteiger partial charge in [0.25, 0.3) is 5.91 Å². The van der Waals surface area contributed by atoms with Crippen LogP contribution in [-0.2, 0) is 17.9 Å². The normalized spacial score (nSPS) is 11.0. The number of thiazole rings is 1. The van der Waals surface area contributed by atoms with Crippen LogP contribution in [-0.4, -0.2) is 42.4 Å². The summed E-state index contributed by atoms with van der Waals surface area (Å²) >= 11 is 1.61. The molecule has 0 atom stereocenters. The Labute approximate surface area is 205 Å². The average molecular weight is 481 g/mol. The maximum absolute atomic E-state index is 13.0. The van der Waals surface area contributed by atoms with Crippen molar-refractivity contribution in [1.82, 2.24) is 15.2 Å². The smallest absolute Gasteiger partial charge is 0.255 e. The highest BCUT2D eigenvalue weighted by Gasteiger charge is 2.16. The third-order valence-corrected chi connectivity index (χ3v) is 5.91. The van der Waals surface area contributed by atoms with Crippen molar-refractivity contribution in [2.24, 2.45) is 5.92 Å². The van der Waals surface area contributed by atoms with Crippen LogP contribution in [0.2, 0.25) is 0 Å². The van der Waals surface area contributed by atoms with Gasteiger partial charge in [-0.1, -0.05) is 32.0 Å². The number of ether oxygens (including phenoxy) is 1.